The average molecular weight is 444 g/mol. The molecule has 3 rings (SSSR count). The summed E-state index contributed by atoms with van der Waals surface area (Å²) in [4.78, 5) is 53.0. The first-order chi connectivity index (χ1) is 15.3. The number of rotatable bonds is 7. The Hall–Kier alpha value is -2.78. The minimum Gasteiger partial charge on any atom is -0.348 e. The summed E-state index contributed by atoms with van der Waals surface area (Å²) in [7, 11) is 2.11. The normalized spacial score (nSPS) is 22.3. The minimum absolute atomic E-state index is 0.252. The van der Waals surface area contributed by atoms with Crippen LogP contribution in [0.5, 0.6) is 0 Å². The van der Waals surface area contributed by atoms with Crippen molar-refractivity contribution in [2.75, 3.05) is 51.6 Å². The van der Waals surface area contributed by atoms with Gasteiger partial charge in [0.15, 0.2) is 0 Å². The van der Waals surface area contributed by atoms with Gasteiger partial charge < -0.3 is 20.4 Å². The number of piperidine rings is 1. The topological polar surface area (TPSA) is 111 Å². The third-order valence-corrected chi connectivity index (χ3v) is 6.50. The highest BCUT2D eigenvalue weighted by atomic mass is 16.2. The molecule has 0 saturated carbocycles. The Balaban J connectivity index is 1.46. The first kappa shape index (κ1) is 23.9. The molecule has 0 aromatic heterocycles. The zero-order chi connectivity index (χ0) is 23.1. The fraction of sp³-hybridized carbons (Fsp3) is 0.565. The van der Waals surface area contributed by atoms with E-state index in [0.717, 1.165) is 44.7 Å². The molecule has 0 bridgehead atoms. The molecule has 9 nitrogen and oxygen atoms in total. The zero-order valence-corrected chi connectivity index (χ0v) is 18.9. The van der Waals surface area contributed by atoms with Gasteiger partial charge in [-0.2, -0.15) is 0 Å². The van der Waals surface area contributed by atoms with Gasteiger partial charge >= 0.3 is 11.8 Å². The molecule has 0 unspecified atom stereocenters. The van der Waals surface area contributed by atoms with Crippen molar-refractivity contribution in [3.05, 3.63) is 29.8 Å². The number of piperazine rings is 1. The van der Waals surface area contributed by atoms with Crippen LogP contribution in [0, 0.1) is 0 Å². The average Bonchev–Trinajstić information content (AvgIpc) is 2.79. The van der Waals surface area contributed by atoms with Gasteiger partial charge in [0.25, 0.3) is 0 Å². The summed E-state index contributed by atoms with van der Waals surface area (Å²) in [6.45, 7) is 7.42. The van der Waals surface area contributed by atoms with Crippen molar-refractivity contribution in [3.8, 4) is 0 Å². The molecule has 2 aliphatic heterocycles. The largest absolute Gasteiger partial charge is 0.348 e. The lowest BCUT2D eigenvalue weighted by molar-refractivity contribution is -0.138. The standard InChI is InChI=1S/C23H33N5O4/c1-3-23(10-9-19(29)26-22(23)32)17-5-7-18(8-6-17)25-21(31)20(30)24-11-4-12-28-15-13-27(2)14-16-28/h5-8H,3-4,9-16H2,1-2H3,(H,24,30)(H,25,31)(H,26,29,32)/t23-/m0/s1. The highest BCUT2D eigenvalue weighted by Crippen LogP contribution is 2.36. The fourth-order valence-corrected chi connectivity index (χ4v) is 4.28. The third kappa shape index (κ3) is 5.72. The van der Waals surface area contributed by atoms with Gasteiger partial charge in [-0.05, 0) is 50.6 Å². The fourth-order valence-electron chi connectivity index (χ4n) is 4.28. The molecular formula is C23H33N5O4. The van der Waals surface area contributed by atoms with E-state index in [-0.39, 0.29) is 11.8 Å². The first-order valence-corrected chi connectivity index (χ1v) is 11.3. The Bertz CT molecular complexity index is 848. The molecular weight excluding hydrogens is 410 g/mol. The Morgan fingerprint density at radius 3 is 2.38 bits per heavy atom. The summed E-state index contributed by atoms with van der Waals surface area (Å²) in [6.07, 6.45) is 2.11. The van der Waals surface area contributed by atoms with Crippen molar-refractivity contribution >= 4 is 29.3 Å². The number of nitrogens with zero attached hydrogens (tertiary/aromatic N) is 2. The SMILES string of the molecule is CC[C@@]1(c2ccc(NC(=O)C(=O)NCCCN3CCN(C)CC3)cc2)CCC(=O)NC1=O. The Kier molecular flexibility index (Phi) is 7.98. The molecule has 2 aliphatic rings. The van der Waals surface area contributed by atoms with Crippen molar-refractivity contribution in [1.82, 2.24) is 20.4 Å². The predicted molar refractivity (Wildman–Crippen MR) is 121 cm³/mol. The highest BCUT2D eigenvalue weighted by Gasteiger charge is 2.42. The van der Waals surface area contributed by atoms with Crippen molar-refractivity contribution in [2.24, 2.45) is 0 Å². The first-order valence-electron chi connectivity index (χ1n) is 11.3. The van der Waals surface area contributed by atoms with Gasteiger partial charge in [-0.15, -0.1) is 0 Å². The van der Waals surface area contributed by atoms with Gasteiger partial charge in [0.1, 0.15) is 0 Å². The van der Waals surface area contributed by atoms with Crippen LogP contribution in [0.15, 0.2) is 24.3 Å². The van der Waals surface area contributed by atoms with E-state index in [1.165, 1.54) is 0 Å². The van der Waals surface area contributed by atoms with Crippen LogP contribution in [-0.2, 0) is 24.6 Å². The van der Waals surface area contributed by atoms with Crippen molar-refractivity contribution in [1.29, 1.82) is 0 Å². The second-order valence-electron chi connectivity index (χ2n) is 8.60. The second kappa shape index (κ2) is 10.7. The monoisotopic (exact) mass is 443 g/mol. The summed E-state index contributed by atoms with van der Waals surface area (Å²) in [5, 5.41) is 7.68. The lowest BCUT2D eigenvalue weighted by Gasteiger charge is -2.35. The number of benzene rings is 1. The third-order valence-electron chi connectivity index (χ3n) is 6.50. The zero-order valence-electron chi connectivity index (χ0n) is 18.9. The molecule has 2 saturated heterocycles. The lowest BCUT2D eigenvalue weighted by Crippen LogP contribution is -2.51. The summed E-state index contributed by atoms with van der Waals surface area (Å²) in [5.41, 5.74) is 0.513. The summed E-state index contributed by atoms with van der Waals surface area (Å²) in [6, 6.07) is 6.88. The Morgan fingerprint density at radius 2 is 1.75 bits per heavy atom. The molecule has 32 heavy (non-hydrogen) atoms. The number of hydrogen-bond donors (Lipinski definition) is 3. The van der Waals surface area contributed by atoms with Gasteiger partial charge in [0.2, 0.25) is 11.8 Å². The van der Waals surface area contributed by atoms with Crippen molar-refractivity contribution in [2.45, 2.75) is 38.0 Å². The maximum atomic E-state index is 12.5. The number of amides is 4. The van der Waals surface area contributed by atoms with Crippen LogP contribution in [0.25, 0.3) is 0 Å². The molecule has 1 aromatic rings. The maximum Gasteiger partial charge on any atom is 0.313 e. The second-order valence-corrected chi connectivity index (χ2v) is 8.60. The van der Waals surface area contributed by atoms with E-state index in [0.29, 0.717) is 31.5 Å². The molecule has 0 radical (unpaired) electrons. The Morgan fingerprint density at radius 1 is 1.06 bits per heavy atom. The van der Waals surface area contributed by atoms with Crippen LogP contribution in [0.4, 0.5) is 5.69 Å². The number of nitrogens with one attached hydrogen (secondary N) is 3. The van der Waals surface area contributed by atoms with E-state index in [4.69, 9.17) is 0 Å². The van der Waals surface area contributed by atoms with E-state index in [2.05, 4.69) is 32.8 Å². The molecule has 2 fully saturated rings. The van der Waals surface area contributed by atoms with Crippen LogP contribution in [0.1, 0.15) is 38.2 Å². The predicted octanol–water partition coefficient (Wildman–Crippen LogP) is 0.463. The van der Waals surface area contributed by atoms with Gasteiger partial charge in [0, 0.05) is 44.8 Å². The quantitative estimate of drug-likeness (QED) is 0.321. The molecule has 174 valence electrons. The number of anilines is 1. The molecule has 9 heteroatoms. The van der Waals surface area contributed by atoms with Crippen LogP contribution >= 0.6 is 0 Å². The molecule has 0 aliphatic carbocycles. The van der Waals surface area contributed by atoms with E-state index in [1.807, 2.05) is 6.92 Å². The minimum atomic E-state index is -0.752. The number of carbonyl (C=O) groups excluding carboxylic acids is 4. The van der Waals surface area contributed by atoms with Crippen LogP contribution in [0.2, 0.25) is 0 Å². The number of carbonyl (C=O) groups is 4. The molecule has 4 amide bonds. The van der Waals surface area contributed by atoms with E-state index >= 15 is 0 Å². The molecule has 3 N–H and O–H groups in total. The van der Waals surface area contributed by atoms with Gasteiger partial charge in [-0.25, -0.2) is 0 Å². The van der Waals surface area contributed by atoms with Crippen LogP contribution < -0.4 is 16.0 Å². The molecule has 1 atom stereocenters. The van der Waals surface area contributed by atoms with Crippen LogP contribution in [0.3, 0.4) is 0 Å². The summed E-state index contributed by atoms with van der Waals surface area (Å²) in [5.74, 6) is -1.92. The number of imide groups is 1. The van der Waals surface area contributed by atoms with Crippen molar-refractivity contribution < 1.29 is 19.2 Å². The maximum absolute atomic E-state index is 12.5. The smallest absolute Gasteiger partial charge is 0.313 e. The Labute approximate surface area is 188 Å². The van der Waals surface area contributed by atoms with E-state index in [9.17, 15) is 19.2 Å². The van der Waals surface area contributed by atoms with E-state index in [1.54, 1.807) is 24.3 Å². The lowest BCUT2D eigenvalue weighted by atomic mass is 9.72. The highest BCUT2D eigenvalue weighted by molar-refractivity contribution is 6.39. The molecule has 0 spiro atoms. The van der Waals surface area contributed by atoms with Gasteiger partial charge in [-0.3, -0.25) is 24.5 Å². The van der Waals surface area contributed by atoms with E-state index < -0.39 is 17.2 Å². The van der Waals surface area contributed by atoms with Crippen molar-refractivity contribution in [3.63, 3.8) is 0 Å². The molecule has 1 aromatic carbocycles. The summed E-state index contributed by atoms with van der Waals surface area (Å²) >= 11 is 0. The molecule has 2 heterocycles. The van der Waals surface area contributed by atoms with Gasteiger partial charge in [0.05, 0.1) is 5.41 Å². The summed E-state index contributed by atoms with van der Waals surface area (Å²) < 4.78 is 0. The number of hydrogen-bond acceptors (Lipinski definition) is 6. The number of likely N-dealkylation sites (N-methyl/N-ethyl adjacent to an activating group) is 1. The van der Waals surface area contributed by atoms with Crippen LogP contribution in [-0.4, -0.2) is 79.7 Å². The van der Waals surface area contributed by atoms with Gasteiger partial charge in [-0.1, -0.05) is 19.1 Å².